The van der Waals surface area contributed by atoms with Gasteiger partial charge in [-0.1, -0.05) is 6.92 Å². The van der Waals surface area contributed by atoms with Gasteiger partial charge in [-0.15, -0.1) is 0 Å². The summed E-state index contributed by atoms with van der Waals surface area (Å²) in [5, 5.41) is 2.96. The van der Waals surface area contributed by atoms with E-state index in [0.717, 1.165) is 13.0 Å². The van der Waals surface area contributed by atoms with Crippen molar-refractivity contribution in [2.45, 2.75) is 19.4 Å². The van der Waals surface area contributed by atoms with Crippen LogP contribution >= 0.6 is 12.9 Å². The summed E-state index contributed by atoms with van der Waals surface area (Å²) in [5.74, 6) is -0.437. The Morgan fingerprint density at radius 2 is 2.23 bits per heavy atom. The van der Waals surface area contributed by atoms with E-state index >= 15 is 0 Å². The van der Waals surface area contributed by atoms with Gasteiger partial charge in [-0.25, -0.2) is 0 Å². The van der Waals surface area contributed by atoms with Gasteiger partial charge in [0.15, 0.2) is 0 Å². The first-order valence-electron chi connectivity index (χ1n) is 3.95. The Balaban J connectivity index is 3.77. The van der Waals surface area contributed by atoms with Gasteiger partial charge in [-0.2, -0.15) is 8.42 Å². The Kier molecular flexibility index (Phi) is 6.70. The minimum atomic E-state index is -3.99. The molecule has 0 heterocycles. The highest BCUT2D eigenvalue weighted by Crippen LogP contribution is 1.98. The van der Waals surface area contributed by atoms with Crippen LogP contribution in [-0.2, 0) is 14.3 Å². The molecule has 2 N–H and O–H groups in total. The first-order chi connectivity index (χ1) is 5.99. The lowest BCUT2D eigenvalue weighted by atomic mass is 10.4. The molecule has 5 nitrogen and oxygen atoms in total. The van der Waals surface area contributed by atoms with E-state index in [4.69, 9.17) is 4.55 Å². The van der Waals surface area contributed by atoms with E-state index in [2.05, 4.69) is 22.4 Å². The fourth-order valence-electron chi connectivity index (χ4n) is 0.801. The van der Waals surface area contributed by atoms with Crippen molar-refractivity contribution in [1.82, 2.24) is 5.32 Å². The fourth-order valence-corrected chi connectivity index (χ4v) is 1.71. The maximum atomic E-state index is 10.4. The lowest BCUT2D eigenvalue weighted by molar-refractivity contribution is 0.261. The normalized spacial score (nSPS) is 14.4. The Labute approximate surface area is 84.2 Å². The molecule has 0 saturated carbocycles. The summed E-state index contributed by atoms with van der Waals surface area (Å²) in [6.07, 6.45) is 0.329. The van der Waals surface area contributed by atoms with Crippen LogP contribution in [0.4, 0.5) is 0 Å². The van der Waals surface area contributed by atoms with E-state index in [1.54, 1.807) is 0 Å². The van der Waals surface area contributed by atoms with Crippen molar-refractivity contribution in [2.75, 3.05) is 18.8 Å². The quantitative estimate of drug-likeness (QED) is 0.250. The highest BCUT2D eigenvalue weighted by molar-refractivity contribution is 7.85. The molecule has 80 valence electrons. The van der Waals surface area contributed by atoms with E-state index in [1.807, 2.05) is 6.92 Å². The number of hydrogen-bond donors (Lipinski definition) is 3. The summed E-state index contributed by atoms with van der Waals surface area (Å²) >= 11 is 3.51. The molecule has 0 radical (unpaired) electrons. The molecule has 0 aromatic heterocycles. The summed E-state index contributed by atoms with van der Waals surface area (Å²) in [4.78, 5) is 0. The number of rotatable bonds is 7. The summed E-state index contributed by atoms with van der Waals surface area (Å²) in [5.41, 5.74) is 0. The molecule has 0 aliphatic carbocycles. The van der Waals surface area contributed by atoms with Crippen LogP contribution in [0.25, 0.3) is 0 Å². The van der Waals surface area contributed by atoms with Crippen LogP contribution in [-0.4, -0.2) is 37.9 Å². The summed E-state index contributed by atoms with van der Waals surface area (Å²) in [7, 11) is -3.99. The van der Waals surface area contributed by atoms with Crippen LogP contribution in [0.1, 0.15) is 13.3 Å². The lowest BCUT2D eigenvalue weighted by Crippen LogP contribution is -2.33. The zero-order chi connectivity index (χ0) is 10.3. The second kappa shape index (κ2) is 6.61. The molecule has 0 aliphatic heterocycles. The average Bonchev–Trinajstić information content (AvgIpc) is 2.01. The van der Waals surface area contributed by atoms with Gasteiger partial charge in [0.1, 0.15) is 11.9 Å². The first kappa shape index (κ1) is 13.2. The van der Waals surface area contributed by atoms with Crippen molar-refractivity contribution < 1.29 is 17.2 Å². The molecule has 1 atom stereocenters. The molecule has 0 aromatic rings. The lowest BCUT2D eigenvalue weighted by Gasteiger charge is -2.12. The number of hydrogen-bond acceptors (Lipinski definition) is 5. The van der Waals surface area contributed by atoms with Crippen LogP contribution in [0.15, 0.2) is 0 Å². The van der Waals surface area contributed by atoms with Crippen molar-refractivity contribution in [3.8, 4) is 0 Å². The van der Waals surface area contributed by atoms with Gasteiger partial charge < -0.3 is 9.50 Å². The van der Waals surface area contributed by atoms with Crippen molar-refractivity contribution in [2.24, 2.45) is 0 Å². The van der Waals surface area contributed by atoms with E-state index in [0.29, 0.717) is 6.54 Å². The molecule has 0 rings (SSSR count). The summed E-state index contributed by atoms with van der Waals surface area (Å²) in [6.45, 7) is 3.13. The Morgan fingerprint density at radius 3 is 2.62 bits per heavy atom. The Bertz CT molecular complexity index is 217. The molecule has 0 fully saturated rings. The van der Waals surface area contributed by atoms with Crippen LogP contribution in [0, 0.1) is 0 Å². The smallest absolute Gasteiger partial charge is 0.267 e. The van der Waals surface area contributed by atoms with Crippen molar-refractivity contribution in [1.29, 1.82) is 0 Å². The van der Waals surface area contributed by atoms with Crippen LogP contribution in [0.3, 0.4) is 0 Å². The third kappa shape index (κ3) is 8.51. The maximum absolute atomic E-state index is 10.4. The maximum Gasteiger partial charge on any atom is 0.267 e. The molecule has 13 heavy (non-hydrogen) atoms. The SMILES string of the molecule is CCCNCC(CS(=O)(=O)O)OS. The van der Waals surface area contributed by atoms with Gasteiger partial charge in [-0.05, 0) is 25.9 Å². The zero-order valence-corrected chi connectivity index (χ0v) is 9.14. The van der Waals surface area contributed by atoms with Crippen molar-refractivity contribution in [3.63, 3.8) is 0 Å². The van der Waals surface area contributed by atoms with Crippen LogP contribution < -0.4 is 5.32 Å². The molecule has 0 amide bonds. The van der Waals surface area contributed by atoms with E-state index in [9.17, 15) is 8.42 Å². The molecule has 0 aliphatic rings. The van der Waals surface area contributed by atoms with E-state index in [-0.39, 0.29) is 0 Å². The van der Waals surface area contributed by atoms with Crippen molar-refractivity contribution in [3.05, 3.63) is 0 Å². The molecular weight excluding hydrogens is 214 g/mol. The average molecular weight is 229 g/mol. The fraction of sp³-hybridized carbons (Fsp3) is 1.00. The third-order valence-corrected chi connectivity index (χ3v) is 2.44. The van der Waals surface area contributed by atoms with Gasteiger partial charge in [0.05, 0.1) is 0 Å². The molecule has 1 unspecified atom stereocenters. The molecule has 0 bridgehead atoms. The molecule has 7 heteroatoms. The summed E-state index contributed by atoms with van der Waals surface area (Å²) < 4.78 is 34.0. The minimum absolute atomic E-state index is 0.358. The standard InChI is InChI=1S/C6H15NO4S2/c1-2-3-7-4-6(11-12)5-13(8,9)10/h6-7,12H,2-5H2,1H3,(H,8,9,10). The largest absolute Gasteiger partial charge is 0.314 e. The minimum Gasteiger partial charge on any atom is -0.314 e. The third-order valence-electron chi connectivity index (χ3n) is 1.34. The topological polar surface area (TPSA) is 75.6 Å². The first-order valence-corrected chi connectivity index (χ1v) is 5.93. The highest BCUT2D eigenvalue weighted by Gasteiger charge is 2.16. The van der Waals surface area contributed by atoms with E-state index < -0.39 is 22.0 Å². The molecule has 0 saturated heterocycles. The van der Waals surface area contributed by atoms with Crippen molar-refractivity contribution >= 4 is 23.0 Å². The number of nitrogens with one attached hydrogen (secondary N) is 1. The molecular formula is C6H15NO4S2. The van der Waals surface area contributed by atoms with Crippen LogP contribution in [0.5, 0.6) is 0 Å². The van der Waals surface area contributed by atoms with Crippen LogP contribution in [0.2, 0.25) is 0 Å². The predicted octanol–water partition coefficient (Wildman–Crippen LogP) is 0.104. The van der Waals surface area contributed by atoms with Gasteiger partial charge in [0.2, 0.25) is 0 Å². The summed E-state index contributed by atoms with van der Waals surface area (Å²) in [6, 6.07) is 0. The van der Waals surface area contributed by atoms with Gasteiger partial charge in [0.25, 0.3) is 10.1 Å². The Hall–Kier alpha value is 0.180. The Morgan fingerprint density at radius 1 is 1.62 bits per heavy atom. The zero-order valence-electron chi connectivity index (χ0n) is 7.43. The monoisotopic (exact) mass is 229 g/mol. The van der Waals surface area contributed by atoms with Gasteiger partial charge >= 0.3 is 0 Å². The van der Waals surface area contributed by atoms with Gasteiger partial charge in [0, 0.05) is 6.54 Å². The molecule has 0 aromatic carbocycles. The molecule has 0 spiro atoms. The predicted molar refractivity (Wildman–Crippen MR) is 53.4 cm³/mol. The van der Waals surface area contributed by atoms with Gasteiger partial charge in [-0.3, -0.25) is 4.55 Å². The second-order valence-electron chi connectivity index (χ2n) is 2.68. The number of thiol groups is 1. The highest BCUT2D eigenvalue weighted by atomic mass is 32.2. The second-order valence-corrected chi connectivity index (χ2v) is 4.39. The van der Waals surface area contributed by atoms with E-state index in [1.165, 1.54) is 0 Å².